The Bertz CT molecular complexity index is 615. The molecule has 0 bridgehead atoms. The van der Waals surface area contributed by atoms with Gasteiger partial charge in [-0.05, 0) is 24.0 Å². The van der Waals surface area contributed by atoms with E-state index < -0.39 is 0 Å². The van der Waals surface area contributed by atoms with Crippen LogP contribution in [0.25, 0.3) is 10.9 Å². The van der Waals surface area contributed by atoms with Crippen LogP contribution in [0, 0.1) is 5.92 Å². The SMILES string of the molecule is C1=C[C@@H]2c3ccc4cccnc4c3NC[C@@H]2C1. The lowest BCUT2D eigenvalue weighted by atomic mass is 9.84. The van der Waals surface area contributed by atoms with Crippen molar-refractivity contribution in [1.82, 2.24) is 4.98 Å². The minimum Gasteiger partial charge on any atom is -0.383 e. The molecule has 1 aromatic heterocycles. The first-order chi connectivity index (χ1) is 8.43. The van der Waals surface area contributed by atoms with Crippen molar-refractivity contribution in [2.75, 3.05) is 11.9 Å². The summed E-state index contributed by atoms with van der Waals surface area (Å²) in [5, 5.41) is 4.80. The van der Waals surface area contributed by atoms with Crippen molar-refractivity contribution in [3.05, 3.63) is 48.2 Å². The molecular weight excluding hydrogens is 208 g/mol. The molecule has 0 unspecified atom stereocenters. The number of benzene rings is 1. The Hall–Kier alpha value is -1.83. The fraction of sp³-hybridized carbons (Fsp3) is 0.267. The van der Waals surface area contributed by atoms with Crippen LogP contribution in [0.2, 0.25) is 0 Å². The molecule has 0 saturated carbocycles. The predicted molar refractivity (Wildman–Crippen MR) is 70.2 cm³/mol. The van der Waals surface area contributed by atoms with Gasteiger partial charge in [0.05, 0.1) is 11.2 Å². The number of pyridine rings is 1. The highest BCUT2D eigenvalue weighted by Crippen LogP contribution is 2.43. The number of aromatic nitrogens is 1. The second kappa shape index (κ2) is 3.33. The minimum absolute atomic E-state index is 0.595. The highest BCUT2D eigenvalue weighted by Gasteiger charge is 2.30. The van der Waals surface area contributed by atoms with Crippen LogP contribution >= 0.6 is 0 Å². The third-order valence-corrected chi connectivity index (χ3v) is 4.00. The van der Waals surface area contributed by atoms with Crippen LogP contribution in [0.4, 0.5) is 5.69 Å². The molecule has 0 amide bonds. The molecular formula is C15H14N2. The zero-order valence-corrected chi connectivity index (χ0v) is 9.56. The molecule has 2 nitrogen and oxygen atoms in total. The Balaban J connectivity index is 1.99. The Morgan fingerprint density at radius 2 is 2.24 bits per heavy atom. The molecule has 2 atom stereocenters. The Labute approximate surface area is 100 Å². The van der Waals surface area contributed by atoms with Gasteiger partial charge in [-0.2, -0.15) is 0 Å². The van der Waals surface area contributed by atoms with Gasteiger partial charge in [-0.1, -0.05) is 30.4 Å². The number of rotatable bonds is 0. The van der Waals surface area contributed by atoms with E-state index in [-0.39, 0.29) is 0 Å². The van der Waals surface area contributed by atoms with Gasteiger partial charge >= 0.3 is 0 Å². The largest absolute Gasteiger partial charge is 0.383 e. The number of hydrogen-bond acceptors (Lipinski definition) is 2. The summed E-state index contributed by atoms with van der Waals surface area (Å²) in [6.07, 6.45) is 7.76. The van der Waals surface area contributed by atoms with Gasteiger partial charge in [0.15, 0.2) is 0 Å². The van der Waals surface area contributed by atoms with E-state index in [0.717, 1.165) is 18.0 Å². The average Bonchev–Trinajstić information content (AvgIpc) is 2.86. The van der Waals surface area contributed by atoms with E-state index in [4.69, 9.17) is 0 Å². The Morgan fingerprint density at radius 3 is 3.24 bits per heavy atom. The molecule has 84 valence electrons. The summed E-state index contributed by atoms with van der Waals surface area (Å²) in [5.74, 6) is 1.33. The predicted octanol–water partition coefficient (Wildman–Crippen LogP) is 3.32. The van der Waals surface area contributed by atoms with Gasteiger partial charge in [0.2, 0.25) is 0 Å². The van der Waals surface area contributed by atoms with Crippen LogP contribution in [-0.2, 0) is 0 Å². The van der Waals surface area contributed by atoms with Crippen molar-refractivity contribution in [3.63, 3.8) is 0 Å². The second-order valence-corrected chi connectivity index (χ2v) is 4.94. The smallest absolute Gasteiger partial charge is 0.0936 e. The molecule has 1 aromatic carbocycles. The van der Waals surface area contributed by atoms with Crippen LogP contribution in [0.5, 0.6) is 0 Å². The Kier molecular flexibility index (Phi) is 1.81. The lowest BCUT2D eigenvalue weighted by Crippen LogP contribution is -2.24. The van der Waals surface area contributed by atoms with Crippen LogP contribution in [-0.4, -0.2) is 11.5 Å². The number of allylic oxidation sites excluding steroid dienone is 2. The van der Waals surface area contributed by atoms with Gasteiger partial charge in [-0.15, -0.1) is 0 Å². The van der Waals surface area contributed by atoms with E-state index in [1.54, 1.807) is 0 Å². The quantitative estimate of drug-likeness (QED) is 0.692. The van der Waals surface area contributed by atoms with Gasteiger partial charge in [-0.3, -0.25) is 4.98 Å². The van der Waals surface area contributed by atoms with E-state index in [2.05, 4.69) is 40.7 Å². The van der Waals surface area contributed by atoms with Crippen molar-refractivity contribution in [2.45, 2.75) is 12.3 Å². The molecule has 0 spiro atoms. The van der Waals surface area contributed by atoms with Crippen LogP contribution in [0.1, 0.15) is 17.9 Å². The molecule has 0 fully saturated rings. The first-order valence-corrected chi connectivity index (χ1v) is 6.21. The van der Waals surface area contributed by atoms with Gasteiger partial charge in [0.1, 0.15) is 0 Å². The highest BCUT2D eigenvalue weighted by atomic mass is 14.9. The summed E-state index contributed by atoms with van der Waals surface area (Å²) < 4.78 is 0. The third kappa shape index (κ3) is 1.24. The first kappa shape index (κ1) is 9.23. The fourth-order valence-electron chi connectivity index (χ4n) is 3.13. The molecule has 1 aliphatic heterocycles. The number of nitrogens with zero attached hydrogens (tertiary/aromatic N) is 1. The summed E-state index contributed by atoms with van der Waals surface area (Å²) >= 11 is 0. The van der Waals surface area contributed by atoms with Crippen molar-refractivity contribution in [1.29, 1.82) is 0 Å². The summed E-state index contributed by atoms with van der Waals surface area (Å²) in [4.78, 5) is 4.52. The van der Waals surface area contributed by atoms with Crippen LogP contribution < -0.4 is 5.32 Å². The van der Waals surface area contributed by atoms with Crippen molar-refractivity contribution in [3.8, 4) is 0 Å². The molecule has 4 rings (SSSR count). The number of fused-ring (bicyclic) bond motifs is 5. The number of anilines is 1. The molecule has 2 heteroatoms. The van der Waals surface area contributed by atoms with Gasteiger partial charge in [0, 0.05) is 24.0 Å². The molecule has 2 aliphatic rings. The zero-order valence-electron chi connectivity index (χ0n) is 9.56. The Morgan fingerprint density at radius 1 is 1.24 bits per heavy atom. The summed E-state index contributed by atoms with van der Waals surface area (Å²) in [5.41, 5.74) is 3.78. The van der Waals surface area contributed by atoms with Crippen molar-refractivity contribution >= 4 is 16.6 Å². The van der Waals surface area contributed by atoms with E-state index in [0.29, 0.717) is 5.92 Å². The maximum atomic E-state index is 4.52. The maximum absolute atomic E-state index is 4.52. The second-order valence-electron chi connectivity index (χ2n) is 4.94. The maximum Gasteiger partial charge on any atom is 0.0936 e. The van der Waals surface area contributed by atoms with Crippen LogP contribution in [0.15, 0.2) is 42.6 Å². The van der Waals surface area contributed by atoms with E-state index in [9.17, 15) is 0 Å². The fourth-order valence-corrected chi connectivity index (χ4v) is 3.13. The van der Waals surface area contributed by atoms with Crippen molar-refractivity contribution in [2.24, 2.45) is 5.92 Å². The van der Waals surface area contributed by atoms with E-state index in [1.165, 1.54) is 23.1 Å². The number of nitrogens with one attached hydrogen (secondary N) is 1. The van der Waals surface area contributed by atoms with E-state index in [1.807, 2.05) is 12.3 Å². The average molecular weight is 222 g/mol. The zero-order chi connectivity index (χ0) is 11.2. The minimum atomic E-state index is 0.595. The molecule has 2 heterocycles. The molecule has 1 aliphatic carbocycles. The lowest BCUT2D eigenvalue weighted by Gasteiger charge is -2.29. The summed E-state index contributed by atoms with van der Waals surface area (Å²) in [6, 6.07) is 8.58. The van der Waals surface area contributed by atoms with Gasteiger partial charge < -0.3 is 5.32 Å². The molecule has 17 heavy (non-hydrogen) atoms. The summed E-state index contributed by atoms with van der Waals surface area (Å²) in [7, 11) is 0. The normalized spacial score (nSPS) is 25.4. The van der Waals surface area contributed by atoms with Crippen molar-refractivity contribution < 1.29 is 0 Å². The standard InChI is InChI=1S/C15H14N2/c1-3-11-9-17-15-13(12(11)5-1)7-6-10-4-2-8-16-14(10)15/h1-2,4-8,11-12,17H,3,9H2/t11-,12-/m0/s1. The third-order valence-electron chi connectivity index (χ3n) is 4.00. The monoisotopic (exact) mass is 222 g/mol. The highest BCUT2D eigenvalue weighted by molar-refractivity contribution is 5.93. The molecule has 2 aromatic rings. The van der Waals surface area contributed by atoms with Gasteiger partial charge in [0.25, 0.3) is 0 Å². The lowest BCUT2D eigenvalue weighted by molar-refractivity contribution is 0.523. The van der Waals surface area contributed by atoms with Gasteiger partial charge in [-0.25, -0.2) is 0 Å². The molecule has 0 radical (unpaired) electrons. The van der Waals surface area contributed by atoms with Crippen LogP contribution in [0.3, 0.4) is 0 Å². The molecule has 1 N–H and O–H groups in total. The summed E-state index contributed by atoms with van der Waals surface area (Å²) in [6.45, 7) is 1.07. The first-order valence-electron chi connectivity index (χ1n) is 6.21. The molecule has 0 saturated heterocycles. The topological polar surface area (TPSA) is 24.9 Å². The number of hydrogen-bond donors (Lipinski definition) is 1. The van der Waals surface area contributed by atoms with E-state index >= 15 is 0 Å².